The molecule has 1 fully saturated rings. The van der Waals surface area contributed by atoms with Crippen molar-refractivity contribution < 1.29 is 9.84 Å². The second-order valence-corrected chi connectivity index (χ2v) is 6.13. The van der Waals surface area contributed by atoms with Crippen molar-refractivity contribution in [3.63, 3.8) is 0 Å². The lowest BCUT2D eigenvalue weighted by atomic mass is 10.0. The molecule has 2 aromatic rings. The molecule has 0 amide bonds. The molecular weight excluding hydrogens is 320 g/mol. The zero-order valence-electron chi connectivity index (χ0n) is 14.6. The Morgan fingerprint density at radius 1 is 1.12 bits per heavy atom. The Bertz CT molecular complexity index is 698. The molecule has 0 spiro atoms. The third kappa shape index (κ3) is 4.83. The molecule has 8 heteroatoms. The number of hydrogen-bond donors (Lipinski definition) is 3. The number of nitrogens with zero attached hydrogens (tertiary/aromatic N) is 4. The lowest BCUT2D eigenvalue weighted by molar-refractivity contribution is 0.193. The van der Waals surface area contributed by atoms with Crippen molar-refractivity contribution in [3.05, 3.63) is 35.0 Å². The largest absolute Gasteiger partial charge is 0.395 e. The summed E-state index contributed by atoms with van der Waals surface area (Å²) in [4.78, 5) is 17.9. The number of ether oxygens (including phenoxy) is 1. The van der Waals surface area contributed by atoms with Crippen LogP contribution in [0.2, 0.25) is 0 Å². The summed E-state index contributed by atoms with van der Waals surface area (Å²) in [7, 11) is 0. The number of anilines is 2. The summed E-state index contributed by atoms with van der Waals surface area (Å²) in [6.45, 7) is 6.27. The number of aromatic nitrogens is 4. The third-order valence-electron chi connectivity index (χ3n) is 3.95. The first-order valence-electron chi connectivity index (χ1n) is 8.50. The van der Waals surface area contributed by atoms with Crippen LogP contribution >= 0.6 is 0 Å². The fourth-order valence-electron chi connectivity index (χ4n) is 2.83. The molecule has 25 heavy (non-hydrogen) atoms. The fraction of sp³-hybridized carbons (Fsp3) is 0.529. The van der Waals surface area contributed by atoms with Gasteiger partial charge < -0.3 is 20.5 Å². The van der Waals surface area contributed by atoms with Crippen LogP contribution in [0.4, 0.5) is 11.8 Å². The normalized spacial score (nSPS) is 16.8. The quantitative estimate of drug-likeness (QED) is 0.692. The Labute approximate surface area is 147 Å². The van der Waals surface area contributed by atoms with E-state index >= 15 is 0 Å². The van der Waals surface area contributed by atoms with E-state index in [-0.39, 0.29) is 12.5 Å². The number of aliphatic hydroxyl groups excluding tert-OH is 1. The van der Waals surface area contributed by atoms with E-state index in [0.29, 0.717) is 31.5 Å². The molecule has 1 aliphatic rings. The highest BCUT2D eigenvalue weighted by molar-refractivity contribution is 5.43. The maximum absolute atomic E-state index is 9.01. The van der Waals surface area contributed by atoms with Gasteiger partial charge in [-0.05, 0) is 26.3 Å². The monoisotopic (exact) mass is 344 g/mol. The van der Waals surface area contributed by atoms with Crippen LogP contribution in [0.15, 0.2) is 12.1 Å². The van der Waals surface area contributed by atoms with Crippen LogP contribution in [-0.4, -0.2) is 51.4 Å². The van der Waals surface area contributed by atoms with Gasteiger partial charge in [-0.25, -0.2) is 15.0 Å². The Balaban J connectivity index is 1.77. The molecule has 0 aromatic carbocycles. The van der Waals surface area contributed by atoms with Crippen LogP contribution in [0.3, 0.4) is 0 Å². The molecule has 0 saturated carbocycles. The second-order valence-electron chi connectivity index (χ2n) is 6.13. The minimum absolute atomic E-state index is 0.0271. The standard InChI is InChI=1S/C17H24N6O2/c1-11-7-12(2)21-16(20-11)9-19-15-8-14(13-3-6-25-10-13)22-17(23-15)18-4-5-24/h7-8,13,24H,3-6,9-10H2,1-2H3,(H2,18,19,22,23)/t13-/m0/s1. The predicted octanol–water partition coefficient (Wildman–Crippen LogP) is 1.40. The van der Waals surface area contributed by atoms with Crippen molar-refractivity contribution in [2.75, 3.05) is 37.0 Å². The van der Waals surface area contributed by atoms with E-state index in [2.05, 4.69) is 30.6 Å². The maximum Gasteiger partial charge on any atom is 0.224 e. The average Bonchev–Trinajstić information content (AvgIpc) is 3.12. The van der Waals surface area contributed by atoms with Crippen LogP contribution in [0.5, 0.6) is 0 Å². The number of rotatable bonds is 7. The van der Waals surface area contributed by atoms with Crippen LogP contribution in [0, 0.1) is 13.8 Å². The summed E-state index contributed by atoms with van der Waals surface area (Å²) >= 11 is 0. The van der Waals surface area contributed by atoms with Gasteiger partial charge in [0, 0.05) is 36.5 Å². The summed E-state index contributed by atoms with van der Waals surface area (Å²) in [6.07, 6.45) is 0.954. The SMILES string of the molecule is Cc1cc(C)nc(CNc2cc([C@H]3CCOC3)nc(NCCO)n2)n1. The van der Waals surface area contributed by atoms with Gasteiger partial charge in [-0.15, -0.1) is 0 Å². The Morgan fingerprint density at radius 3 is 2.60 bits per heavy atom. The van der Waals surface area contributed by atoms with E-state index < -0.39 is 0 Å². The first-order valence-corrected chi connectivity index (χ1v) is 8.50. The molecule has 2 aromatic heterocycles. The van der Waals surface area contributed by atoms with Crippen LogP contribution in [0.1, 0.15) is 35.2 Å². The predicted molar refractivity (Wildman–Crippen MR) is 94.6 cm³/mol. The number of aliphatic hydroxyl groups is 1. The lowest BCUT2D eigenvalue weighted by Crippen LogP contribution is -2.14. The maximum atomic E-state index is 9.01. The summed E-state index contributed by atoms with van der Waals surface area (Å²) in [6, 6.07) is 3.90. The Hall–Kier alpha value is -2.32. The van der Waals surface area contributed by atoms with Gasteiger partial charge >= 0.3 is 0 Å². The second kappa shape index (κ2) is 8.17. The smallest absolute Gasteiger partial charge is 0.224 e. The van der Waals surface area contributed by atoms with E-state index in [4.69, 9.17) is 9.84 Å². The van der Waals surface area contributed by atoms with Crippen molar-refractivity contribution in [1.29, 1.82) is 0 Å². The summed E-state index contributed by atoms with van der Waals surface area (Å²) < 4.78 is 5.47. The zero-order chi connectivity index (χ0) is 17.6. The highest BCUT2D eigenvalue weighted by Crippen LogP contribution is 2.26. The molecule has 0 unspecified atom stereocenters. The molecule has 0 bridgehead atoms. The average molecular weight is 344 g/mol. The van der Waals surface area contributed by atoms with Gasteiger partial charge in [-0.1, -0.05) is 0 Å². The highest BCUT2D eigenvalue weighted by atomic mass is 16.5. The highest BCUT2D eigenvalue weighted by Gasteiger charge is 2.20. The summed E-state index contributed by atoms with van der Waals surface area (Å²) in [5.74, 6) is 2.21. The van der Waals surface area contributed by atoms with Crippen LogP contribution < -0.4 is 10.6 Å². The molecule has 134 valence electrons. The van der Waals surface area contributed by atoms with Crippen molar-refractivity contribution in [2.24, 2.45) is 0 Å². The lowest BCUT2D eigenvalue weighted by Gasteiger charge is -2.13. The molecule has 8 nitrogen and oxygen atoms in total. The fourth-order valence-corrected chi connectivity index (χ4v) is 2.83. The van der Waals surface area contributed by atoms with Crippen molar-refractivity contribution in [2.45, 2.75) is 32.7 Å². The summed E-state index contributed by atoms with van der Waals surface area (Å²) in [5.41, 5.74) is 2.83. The molecule has 1 atom stereocenters. The van der Waals surface area contributed by atoms with Crippen LogP contribution in [0.25, 0.3) is 0 Å². The zero-order valence-corrected chi connectivity index (χ0v) is 14.6. The molecule has 3 rings (SSSR count). The van der Waals surface area contributed by atoms with Crippen molar-refractivity contribution in [3.8, 4) is 0 Å². The van der Waals surface area contributed by atoms with Crippen molar-refractivity contribution in [1.82, 2.24) is 19.9 Å². The van der Waals surface area contributed by atoms with E-state index in [1.165, 1.54) is 0 Å². The molecule has 0 aliphatic carbocycles. The first-order chi connectivity index (χ1) is 12.1. The Kier molecular flexibility index (Phi) is 5.72. The number of hydrogen-bond acceptors (Lipinski definition) is 8. The molecule has 1 saturated heterocycles. The Morgan fingerprint density at radius 2 is 1.92 bits per heavy atom. The van der Waals surface area contributed by atoms with Gasteiger partial charge in [0.05, 0.1) is 25.5 Å². The van der Waals surface area contributed by atoms with E-state index in [1.54, 1.807) is 0 Å². The minimum Gasteiger partial charge on any atom is -0.395 e. The number of nitrogens with one attached hydrogen (secondary N) is 2. The molecule has 3 N–H and O–H groups in total. The van der Waals surface area contributed by atoms with Gasteiger partial charge in [0.15, 0.2) is 0 Å². The van der Waals surface area contributed by atoms with E-state index in [9.17, 15) is 0 Å². The van der Waals surface area contributed by atoms with Crippen LogP contribution in [-0.2, 0) is 11.3 Å². The van der Waals surface area contributed by atoms with Gasteiger partial charge in [-0.2, -0.15) is 4.98 Å². The van der Waals surface area contributed by atoms with Crippen molar-refractivity contribution >= 4 is 11.8 Å². The topological polar surface area (TPSA) is 105 Å². The molecule has 3 heterocycles. The van der Waals surface area contributed by atoms with Gasteiger partial charge in [-0.3, -0.25) is 0 Å². The minimum atomic E-state index is 0.0271. The van der Waals surface area contributed by atoms with Gasteiger partial charge in [0.2, 0.25) is 5.95 Å². The molecular formula is C17H24N6O2. The third-order valence-corrected chi connectivity index (χ3v) is 3.95. The summed E-state index contributed by atoms with van der Waals surface area (Å²) in [5, 5.41) is 15.3. The first kappa shape index (κ1) is 17.5. The molecule has 0 radical (unpaired) electrons. The number of aryl methyl sites for hydroxylation is 2. The molecule has 1 aliphatic heterocycles. The van der Waals surface area contributed by atoms with E-state index in [1.807, 2.05) is 26.0 Å². The van der Waals surface area contributed by atoms with E-state index in [0.717, 1.165) is 35.9 Å². The van der Waals surface area contributed by atoms with Gasteiger partial charge in [0.25, 0.3) is 0 Å². The van der Waals surface area contributed by atoms with Gasteiger partial charge in [0.1, 0.15) is 11.6 Å².